The van der Waals surface area contributed by atoms with Crippen molar-refractivity contribution < 1.29 is 13.9 Å². The second kappa shape index (κ2) is 6.40. The Labute approximate surface area is 137 Å². The molecule has 24 heavy (non-hydrogen) atoms. The molecule has 1 unspecified atom stereocenters. The van der Waals surface area contributed by atoms with Gasteiger partial charge < -0.3 is 14.6 Å². The highest BCUT2D eigenvalue weighted by Gasteiger charge is 2.38. The number of methoxy groups -OCH3 is 1. The molecule has 1 heterocycles. The normalized spacial score (nSPS) is 13.4. The molecule has 7 nitrogen and oxygen atoms in total. The third kappa shape index (κ3) is 2.88. The van der Waals surface area contributed by atoms with Crippen molar-refractivity contribution in [1.82, 2.24) is 9.13 Å². The Morgan fingerprint density at radius 3 is 2.46 bits per heavy atom. The molecule has 1 amide bonds. The molecule has 2 aromatic rings. The molecule has 0 radical (unpaired) electrons. The van der Waals surface area contributed by atoms with Gasteiger partial charge in [0.25, 0.3) is 11.5 Å². The van der Waals surface area contributed by atoms with E-state index in [-0.39, 0.29) is 11.3 Å². The fraction of sp³-hybridized carbons (Fsp3) is 0.312. The highest BCUT2D eigenvalue weighted by molar-refractivity contribution is 5.97. The third-order valence-corrected chi connectivity index (χ3v) is 3.92. The van der Waals surface area contributed by atoms with Crippen LogP contribution in [0.25, 0.3) is 0 Å². The van der Waals surface area contributed by atoms with Crippen LogP contribution in [0.15, 0.2) is 40.1 Å². The van der Waals surface area contributed by atoms with E-state index in [0.29, 0.717) is 0 Å². The van der Waals surface area contributed by atoms with Crippen LogP contribution >= 0.6 is 0 Å². The first kappa shape index (κ1) is 17.6. The van der Waals surface area contributed by atoms with Crippen LogP contribution in [0.4, 0.5) is 10.1 Å². The molecule has 1 aromatic heterocycles. The Morgan fingerprint density at radius 2 is 1.88 bits per heavy atom. The lowest BCUT2D eigenvalue weighted by atomic mass is 9.94. The number of amides is 1. The molecule has 8 heteroatoms. The number of nitrogens with one attached hydrogen (secondary N) is 1. The third-order valence-electron chi connectivity index (χ3n) is 3.92. The van der Waals surface area contributed by atoms with E-state index in [9.17, 15) is 18.8 Å². The fourth-order valence-corrected chi connectivity index (χ4v) is 2.31. The molecular formula is C16H18FN3O4. The maximum Gasteiger partial charge on any atom is 0.330 e. The topological polar surface area (TPSA) is 82.3 Å². The van der Waals surface area contributed by atoms with Crippen LogP contribution in [0.1, 0.15) is 12.5 Å². The van der Waals surface area contributed by atoms with E-state index in [0.717, 1.165) is 9.13 Å². The van der Waals surface area contributed by atoms with Crippen molar-refractivity contribution in [2.24, 2.45) is 14.1 Å². The van der Waals surface area contributed by atoms with Gasteiger partial charge in [-0.05, 0) is 13.0 Å². The second-order valence-electron chi connectivity index (χ2n) is 5.47. The summed E-state index contributed by atoms with van der Waals surface area (Å²) >= 11 is 0. The number of halogens is 1. The Bertz CT molecular complexity index is 903. The predicted molar refractivity (Wildman–Crippen MR) is 86.3 cm³/mol. The molecule has 1 atom stereocenters. The monoisotopic (exact) mass is 335 g/mol. The Morgan fingerprint density at radius 1 is 1.25 bits per heavy atom. The predicted octanol–water partition coefficient (Wildman–Crippen LogP) is 0.723. The molecule has 1 aromatic carbocycles. The smallest absolute Gasteiger partial charge is 0.330 e. The second-order valence-corrected chi connectivity index (χ2v) is 5.47. The van der Waals surface area contributed by atoms with E-state index in [1.54, 1.807) is 6.07 Å². The van der Waals surface area contributed by atoms with Gasteiger partial charge in [0.2, 0.25) is 0 Å². The molecule has 128 valence electrons. The molecule has 0 spiro atoms. The first-order valence-corrected chi connectivity index (χ1v) is 7.10. The summed E-state index contributed by atoms with van der Waals surface area (Å²) in [4.78, 5) is 36.4. The molecule has 0 fully saturated rings. The van der Waals surface area contributed by atoms with E-state index in [2.05, 4.69) is 5.32 Å². The van der Waals surface area contributed by atoms with Gasteiger partial charge in [-0.3, -0.25) is 14.2 Å². The highest BCUT2D eigenvalue weighted by atomic mass is 19.1. The average Bonchev–Trinajstić information content (AvgIpc) is 2.57. The van der Waals surface area contributed by atoms with Gasteiger partial charge in [-0.25, -0.2) is 9.18 Å². The molecule has 0 saturated carbocycles. The van der Waals surface area contributed by atoms with Crippen molar-refractivity contribution >= 4 is 11.6 Å². The molecule has 0 aliphatic rings. The number of anilines is 1. The maximum atomic E-state index is 14.1. The zero-order valence-electron chi connectivity index (χ0n) is 13.8. The number of rotatable bonds is 4. The lowest BCUT2D eigenvalue weighted by molar-refractivity contribution is -0.137. The van der Waals surface area contributed by atoms with Crippen molar-refractivity contribution in [2.75, 3.05) is 12.4 Å². The van der Waals surface area contributed by atoms with Crippen LogP contribution in [0.3, 0.4) is 0 Å². The van der Waals surface area contributed by atoms with Crippen molar-refractivity contribution in [2.45, 2.75) is 12.5 Å². The van der Waals surface area contributed by atoms with Gasteiger partial charge in [0.05, 0.1) is 0 Å². The van der Waals surface area contributed by atoms with Crippen LogP contribution < -0.4 is 16.6 Å². The number of ether oxygens (including phenoxy) is 1. The van der Waals surface area contributed by atoms with E-state index >= 15 is 0 Å². The summed E-state index contributed by atoms with van der Waals surface area (Å²) in [6.07, 6.45) is 1.21. The van der Waals surface area contributed by atoms with Crippen molar-refractivity contribution in [1.29, 1.82) is 0 Å². The Kier molecular flexibility index (Phi) is 4.70. The quantitative estimate of drug-likeness (QED) is 0.893. The van der Waals surface area contributed by atoms with Gasteiger partial charge in [-0.15, -0.1) is 0 Å². The summed E-state index contributed by atoms with van der Waals surface area (Å²) in [6, 6.07) is 5.71. The molecular weight excluding hydrogens is 317 g/mol. The summed E-state index contributed by atoms with van der Waals surface area (Å²) in [5, 5.41) is 2.41. The number of benzene rings is 1. The number of aryl methyl sites for hydroxylation is 1. The standard InChI is InChI=1S/C16H18FN3O4/c1-16(24-4,10-7-5-6-8-11(10)17)14(22)18-12-9-19(2)15(23)20(3)13(12)21/h5-9H,1-4H3,(H,18,22). The van der Waals surface area contributed by atoms with Crippen molar-refractivity contribution in [3.8, 4) is 0 Å². The molecule has 1 N–H and O–H groups in total. The van der Waals surface area contributed by atoms with Gasteiger partial charge in [0.1, 0.15) is 11.5 Å². The number of hydrogen-bond donors (Lipinski definition) is 1. The first-order chi connectivity index (χ1) is 11.2. The summed E-state index contributed by atoms with van der Waals surface area (Å²) in [5.41, 5.74) is -2.92. The van der Waals surface area contributed by atoms with Crippen LogP contribution in [0.2, 0.25) is 0 Å². The molecule has 0 saturated heterocycles. The SMILES string of the molecule is COC(C)(C(=O)Nc1cn(C)c(=O)n(C)c1=O)c1ccccc1F. The number of nitrogens with zero attached hydrogens (tertiary/aromatic N) is 2. The zero-order valence-corrected chi connectivity index (χ0v) is 13.8. The summed E-state index contributed by atoms with van der Waals surface area (Å²) in [5.74, 6) is -1.34. The van der Waals surface area contributed by atoms with Crippen LogP contribution in [0, 0.1) is 5.82 Å². The first-order valence-electron chi connectivity index (χ1n) is 7.10. The minimum atomic E-state index is -1.65. The van der Waals surface area contributed by atoms with E-state index in [1.807, 2.05) is 0 Å². The van der Waals surface area contributed by atoms with Crippen molar-refractivity contribution in [3.05, 3.63) is 62.7 Å². The van der Waals surface area contributed by atoms with Gasteiger partial charge in [0.15, 0.2) is 5.60 Å². The van der Waals surface area contributed by atoms with Gasteiger partial charge in [-0.1, -0.05) is 18.2 Å². The number of carbonyl (C=O) groups is 1. The Hall–Kier alpha value is -2.74. The molecule has 0 aliphatic heterocycles. The van der Waals surface area contributed by atoms with E-state index in [4.69, 9.17) is 4.74 Å². The fourth-order valence-electron chi connectivity index (χ4n) is 2.31. The molecule has 2 rings (SSSR count). The minimum Gasteiger partial charge on any atom is -0.364 e. The Balaban J connectivity index is 2.47. The van der Waals surface area contributed by atoms with Crippen molar-refractivity contribution in [3.63, 3.8) is 0 Å². The molecule has 0 bridgehead atoms. The van der Waals surface area contributed by atoms with E-state index < -0.39 is 28.6 Å². The molecule has 0 aliphatic carbocycles. The number of carbonyl (C=O) groups excluding carboxylic acids is 1. The summed E-state index contributed by atoms with van der Waals surface area (Å²) < 4.78 is 21.3. The largest absolute Gasteiger partial charge is 0.364 e. The van der Waals surface area contributed by atoms with Crippen LogP contribution in [0.5, 0.6) is 0 Å². The van der Waals surface area contributed by atoms with E-state index in [1.165, 1.54) is 52.5 Å². The highest BCUT2D eigenvalue weighted by Crippen LogP contribution is 2.28. The maximum absolute atomic E-state index is 14.1. The number of hydrogen-bond acceptors (Lipinski definition) is 4. The lowest BCUT2D eigenvalue weighted by Gasteiger charge is -2.27. The average molecular weight is 335 g/mol. The summed E-state index contributed by atoms with van der Waals surface area (Å²) in [7, 11) is 4.02. The lowest BCUT2D eigenvalue weighted by Crippen LogP contribution is -2.43. The van der Waals surface area contributed by atoms with Crippen LogP contribution in [-0.2, 0) is 29.2 Å². The van der Waals surface area contributed by atoms with Gasteiger partial charge in [-0.2, -0.15) is 0 Å². The summed E-state index contributed by atoms with van der Waals surface area (Å²) in [6.45, 7) is 1.40. The van der Waals surface area contributed by atoms with Gasteiger partial charge >= 0.3 is 5.69 Å². The van der Waals surface area contributed by atoms with Gasteiger partial charge in [0, 0.05) is 33.0 Å². The zero-order chi connectivity index (χ0) is 18.1. The minimum absolute atomic E-state index is 0.0339. The van der Waals surface area contributed by atoms with Crippen LogP contribution in [-0.4, -0.2) is 22.2 Å². The number of aromatic nitrogens is 2.